The molecule has 0 bridgehead atoms. The summed E-state index contributed by atoms with van der Waals surface area (Å²) in [4.78, 5) is 23.2. The highest BCUT2D eigenvalue weighted by Gasteiger charge is 2.11. The molecule has 0 unspecified atom stereocenters. The Bertz CT molecular complexity index is 1050. The first-order valence-electron chi connectivity index (χ1n) is 9.02. The fourth-order valence-electron chi connectivity index (χ4n) is 3.27. The third-order valence-electron chi connectivity index (χ3n) is 4.50. The summed E-state index contributed by atoms with van der Waals surface area (Å²) >= 11 is 0. The fraction of sp³-hybridized carbons (Fsp3) is 0.273. The molecule has 1 amide bonds. The van der Waals surface area contributed by atoms with Crippen molar-refractivity contribution in [2.75, 3.05) is 10.6 Å². The second-order valence-corrected chi connectivity index (χ2v) is 7.07. The Morgan fingerprint density at radius 3 is 2.56 bits per heavy atom. The van der Waals surface area contributed by atoms with E-state index in [0.29, 0.717) is 18.0 Å². The lowest BCUT2D eigenvalue weighted by molar-refractivity contribution is -0.114. The zero-order valence-corrected chi connectivity index (χ0v) is 16.1. The van der Waals surface area contributed by atoms with Crippen molar-refractivity contribution in [3.05, 3.63) is 69.6 Å². The summed E-state index contributed by atoms with van der Waals surface area (Å²) in [7, 11) is 0. The maximum atomic E-state index is 12.0. The molecule has 0 saturated heterocycles. The molecule has 5 heteroatoms. The van der Waals surface area contributed by atoms with Crippen LogP contribution in [0.15, 0.2) is 51.7 Å². The highest BCUT2D eigenvalue weighted by Crippen LogP contribution is 2.27. The Kier molecular flexibility index (Phi) is 5.31. The molecule has 1 heterocycles. The van der Waals surface area contributed by atoms with Crippen molar-refractivity contribution in [1.82, 2.24) is 0 Å². The van der Waals surface area contributed by atoms with Gasteiger partial charge in [0.25, 0.3) is 0 Å². The molecule has 5 nitrogen and oxygen atoms in total. The van der Waals surface area contributed by atoms with E-state index in [9.17, 15) is 9.59 Å². The van der Waals surface area contributed by atoms with Crippen LogP contribution in [0.5, 0.6) is 0 Å². The molecule has 1 aromatic heterocycles. The van der Waals surface area contributed by atoms with Crippen LogP contribution in [-0.2, 0) is 11.3 Å². The van der Waals surface area contributed by atoms with Gasteiger partial charge in [-0.25, -0.2) is 4.79 Å². The number of fused-ring (bicyclic) bond motifs is 1. The predicted octanol–water partition coefficient (Wildman–Crippen LogP) is 4.80. The molecule has 3 rings (SSSR count). The van der Waals surface area contributed by atoms with Crippen LogP contribution in [0, 0.1) is 6.92 Å². The number of carbonyl (C=O) groups excluding carboxylic acids is 1. The Morgan fingerprint density at radius 2 is 1.85 bits per heavy atom. The van der Waals surface area contributed by atoms with Crippen LogP contribution in [-0.4, -0.2) is 5.91 Å². The van der Waals surface area contributed by atoms with E-state index in [4.69, 9.17) is 4.42 Å². The van der Waals surface area contributed by atoms with Gasteiger partial charge in [-0.05, 0) is 59.9 Å². The fourth-order valence-corrected chi connectivity index (χ4v) is 3.27. The van der Waals surface area contributed by atoms with Crippen LogP contribution in [0.3, 0.4) is 0 Å². The molecule has 140 valence electrons. The third kappa shape index (κ3) is 4.37. The van der Waals surface area contributed by atoms with Crippen molar-refractivity contribution in [2.45, 2.75) is 40.2 Å². The van der Waals surface area contributed by atoms with Crippen molar-refractivity contribution >= 4 is 28.3 Å². The number of rotatable bonds is 5. The van der Waals surface area contributed by atoms with Gasteiger partial charge >= 0.3 is 5.63 Å². The van der Waals surface area contributed by atoms with Gasteiger partial charge in [-0.2, -0.15) is 0 Å². The standard InChI is InChI=1S/C22H24N2O3/c1-13(2)19-11-20-16(9-22(26)27-21(20)8-14(19)3)12-23-17-6-5-7-18(10-17)24-15(4)25/h5-11,13,23H,12H2,1-4H3,(H,24,25). The molecule has 2 N–H and O–H groups in total. The summed E-state index contributed by atoms with van der Waals surface area (Å²) in [6.07, 6.45) is 0. The highest BCUT2D eigenvalue weighted by atomic mass is 16.4. The topological polar surface area (TPSA) is 71.3 Å². The minimum absolute atomic E-state index is 0.115. The minimum atomic E-state index is -0.358. The van der Waals surface area contributed by atoms with Crippen LogP contribution < -0.4 is 16.3 Å². The monoisotopic (exact) mass is 364 g/mol. The van der Waals surface area contributed by atoms with E-state index in [1.54, 1.807) is 0 Å². The molecular weight excluding hydrogens is 340 g/mol. The summed E-state index contributed by atoms with van der Waals surface area (Å²) in [5.74, 6) is 0.270. The average Bonchev–Trinajstić information content (AvgIpc) is 2.58. The number of hydrogen-bond acceptors (Lipinski definition) is 4. The number of amides is 1. The normalized spacial score (nSPS) is 11.0. The summed E-state index contributed by atoms with van der Waals surface area (Å²) < 4.78 is 5.40. The van der Waals surface area contributed by atoms with E-state index in [1.807, 2.05) is 37.3 Å². The van der Waals surface area contributed by atoms with Crippen LogP contribution >= 0.6 is 0 Å². The molecule has 0 fully saturated rings. The third-order valence-corrected chi connectivity index (χ3v) is 4.50. The van der Waals surface area contributed by atoms with Gasteiger partial charge in [-0.3, -0.25) is 4.79 Å². The predicted molar refractivity (Wildman–Crippen MR) is 109 cm³/mol. The molecule has 0 atom stereocenters. The number of hydrogen-bond donors (Lipinski definition) is 2. The number of carbonyl (C=O) groups is 1. The lowest BCUT2D eigenvalue weighted by Crippen LogP contribution is -2.08. The van der Waals surface area contributed by atoms with E-state index in [-0.39, 0.29) is 11.5 Å². The molecule has 0 spiro atoms. The van der Waals surface area contributed by atoms with Crippen LogP contribution in [0.4, 0.5) is 11.4 Å². The van der Waals surface area contributed by atoms with Crippen LogP contribution in [0.25, 0.3) is 11.0 Å². The second-order valence-electron chi connectivity index (χ2n) is 7.07. The van der Waals surface area contributed by atoms with Gasteiger partial charge in [-0.15, -0.1) is 0 Å². The first kappa shape index (κ1) is 18.7. The number of benzene rings is 2. The molecule has 0 aliphatic rings. The van der Waals surface area contributed by atoms with E-state index < -0.39 is 0 Å². The van der Waals surface area contributed by atoms with Crippen LogP contribution in [0.1, 0.15) is 43.4 Å². The minimum Gasteiger partial charge on any atom is -0.423 e. The summed E-state index contributed by atoms with van der Waals surface area (Å²) in [6.45, 7) is 8.29. The van der Waals surface area contributed by atoms with Gasteiger partial charge in [0.2, 0.25) is 5.91 Å². The van der Waals surface area contributed by atoms with Gasteiger partial charge in [0, 0.05) is 36.3 Å². The quantitative estimate of drug-likeness (QED) is 0.638. The molecule has 27 heavy (non-hydrogen) atoms. The first-order valence-corrected chi connectivity index (χ1v) is 9.02. The van der Waals surface area contributed by atoms with Crippen molar-refractivity contribution < 1.29 is 9.21 Å². The van der Waals surface area contributed by atoms with Crippen LogP contribution in [0.2, 0.25) is 0 Å². The van der Waals surface area contributed by atoms with Gasteiger partial charge in [0.1, 0.15) is 5.58 Å². The van der Waals surface area contributed by atoms with Gasteiger partial charge in [-0.1, -0.05) is 19.9 Å². The molecule has 3 aromatic rings. The van der Waals surface area contributed by atoms with E-state index in [0.717, 1.165) is 27.9 Å². The maximum absolute atomic E-state index is 12.0. The Balaban J connectivity index is 1.93. The van der Waals surface area contributed by atoms with Crippen molar-refractivity contribution in [2.24, 2.45) is 0 Å². The summed E-state index contributed by atoms with van der Waals surface area (Å²) in [6, 6.07) is 13.1. The molecule has 0 saturated carbocycles. The Labute approximate surface area is 158 Å². The maximum Gasteiger partial charge on any atom is 0.336 e. The SMILES string of the molecule is CC(=O)Nc1cccc(NCc2cc(=O)oc3cc(C)c(C(C)C)cc23)c1. The smallest absolute Gasteiger partial charge is 0.336 e. The molecule has 2 aromatic carbocycles. The number of aryl methyl sites for hydroxylation is 1. The van der Waals surface area contributed by atoms with Crippen molar-refractivity contribution in [1.29, 1.82) is 0 Å². The van der Waals surface area contributed by atoms with Gasteiger partial charge in [0.15, 0.2) is 0 Å². The number of nitrogens with one attached hydrogen (secondary N) is 2. The first-order chi connectivity index (χ1) is 12.8. The van der Waals surface area contributed by atoms with E-state index in [1.165, 1.54) is 18.6 Å². The van der Waals surface area contributed by atoms with Crippen molar-refractivity contribution in [3.8, 4) is 0 Å². The average molecular weight is 364 g/mol. The Morgan fingerprint density at radius 1 is 1.11 bits per heavy atom. The van der Waals surface area contributed by atoms with E-state index in [2.05, 4.69) is 30.5 Å². The highest BCUT2D eigenvalue weighted by molar-refractivity contribution is 5.89. The largest absolute Gasteiger partial charge is 0.423 e. The Hall–Kier alpha value is -3.08. The summed E-state index contributed by atoms with van der Waals surface area (Å²) in [5.41, 5.74) is 5.07. The van der Waals surface area contributed by atoms with Crippen molar-refractivity contribution in [3.63, 3.8) is 0 Å². The lowest BCUT2D eigenvalue weighted by Gasteiger charge is -2.14. The summed E-state index contributed by atoms with van der Waals surface area (Å²) in [5, 5.41) is 7.03. The zero-order chi connectivity index (χ0) is 19.6. The molecule has 0 aliphatic carbocycles. The van der Waals surface area contributed by atoms with Gasteiger partial charge < -0.3 is 15.1 Å². The second kappa shape index (κ2) is 7.66. The van der Waals surface area contributed by atoms with E-state index >= 15 is 0 Å². The molecular formula is C22H24N2O3. The lowest BCUT2D eigenvalue weighted by atomic mass is 9.95. The zero-order valence-electron chi connectivity index (χ0n) is 16.1. The number of anilines is 2. The molecule has 0 radical (unpaired) electrons. The molecule has 0 aliphatic heterocycles. The van der Waals surface area contributed by atoms with Gasteiger partial charge in [0.05, 0.1) is 0 Å².